The van der Waals surface area contributed by atoms with Gasteiger partial charge >= 0.3 is 0 Å². The zero-order chi connectivity index (χ0) is 14.5. The van der Waals surface area contributed by atoms with Gasteiger partial charge in [0.2, 0.25) is 0 Å². The Bertz CT molecular complexity index is 632. The molecular formula is C14H14ClN3O2. The number of benzene rings is 1. The lowest BCUT2D eigenvalue weighted by molar-refractivity contribution is 0.0948. The van der Waals surface area contributed by atoms with Gasteiger partial charge in [0.25, 0.3) is 5.91 Å². The molecule has 0 aliphatic rings. The average molecular weight is 292 g/mol. The van der Waals surface area contributed by atoms with E-state index in [4.69, 9.17) is 22.2 Å². The van der Waals surface area contributed by atoms with E-state index in [2.05, 4.69) is 4.98 Å². The standard InChI is InChI=1S/C14H14ClN3O2/c1-9-5-6-11(15)13(7-9)20-8-10-3-2-4-12(17-10)14(19)18-16/h2-7H,8,16H2,1H3,(H,18,19). The summed E-state index contributed by atoms with van der Waals surface area (Å²) in [5.74, 6) is 5.21. The highest BCUT2D eigenvalue weighted by atomic mass is 35.5. The van der Waals surface area contributed by atoms with Gasteiger partial charge in [0.05, 0.1) is 10.7 Å². The van der Waals surface area contributed by atoms with Crippen LogP contribution in [-0.2, 0) is 6.61 Å². The van der Waals surface area contributed by atoms with Gasteiger partial charge in [0.1, 0.15) is 18.1 Å². The lowest BCUT2D eigenvalue weighted by Gasteiger charge is -2.09. The first-order valence-corrected chi connectivity index (χ1v) is 6.34. The van der Waals surface area contributed by atoms with Crippen LogP contribution in [0.2, 0.25) is 5.02 Å². The Labute approximate surface area is 121 Å². The molecule has 2 aromatic rings. The number of hydrazine groups is 1. The summed E-state index contributed by atoms with van der Waals surface area (Å²) in [6.45, 7) is 2.17. The summed E-state index contributed by atoms with van der Waals surface area (Å²) >= 11 is 6.04. The highest BCUT2D eigenvalue weighted by molar-refractivity contribution is 6.32. The third kappa shape index (κ3) is 3.46. The number of carbonyl (C=O) groups is 1. The summed E-state index contributed by atoms with van der Waals surface area (Å²) in [7, 11) is 0. The predicted octanol–water partition coefficient (Wildman–Crippen LogP) is 2.23. The Morgan fingerprint density at radius 1 is 1.40 bits per heavy atom. The van der Waals surface area contributed by atoms with Crippen molar-refractivity contribution in [1.29, 1.82) is 0 Å². The molecule has 0 bridgehead atoms. The highest BCUT2D eigenvalue weighted by Crippen LogP contribution is 2.25. The molecule has 0 aliphatic heterocycles. The number of pyridine rings is 1. The van der Waals surface area contributed by atoms with Crippen molar-refractivity contribution in [3.05, 3.63) is 58.4 Å². The van der Waals surface area contributed by atoms with Gasteiger partial charge in [-0.1, -0.05) is 23.7 Å². The van der Waals surface area contributed by atoms with Crippen molar-refractivity contribution in [2.24, 2.45) is 5.84 Å². The zero-order valence-corrected chi connectivity index (χ0v) is 11.6. The van der Waals surface area contributed by atoms with Crippen LogP contribution in [0.15, 0.2) is 36.4 Å². The van der Waals surface area contributed by atoms with Crippen molar-refractivity contribution in [2.75, 3.05) is 0 Å². The fourth-order valence-electron chi connectivity index (χ4n) is 1.63. The normalized spacial score (nSPS) is 10.2. The Morgan fingerprint density at radius 3 is 2.95 bits per heavy atom. The molecule has 1 aromatic heterocycles. The fourth-order valence-corrected chi connectivity index (χ4v) is 1.81. The summed E-state index contributed by atoms with van der Waals surface area (Å²) < 4.78 is 5.61. The number of halogens is 1. The molecule has 1 amide bonds. The minimum Gasteiger partial charge on any atom is -0.486 e. The van der Waals surface area contributed by atoms with Crippen molar-refractivity contribution in [3.63, 3.8) is 0 Å². The maximum atomic E-state index is 11.4. The highest BCUT2D eigenvalue weighted by Gasteiger charge is 2.07. The number of aryl methyl sites for hydroxylation is 1. The Morgan fingerprint density at radius 2 is 2.20 bits per heavy atom. The topological polar surface area (TPSA) is 77.2 Å². The largest absolute Gasteiger partial charge is 0.486 e. The van der Waals surface area contributed by atoms with Gasteiger partial charge in [0.15, 0.2) is 0 Å². The van der Waals surface area contributed by atoms with Crippen LogP contribution in [0.3, 0.4) is 0 Å². The first-order chi connectivity index (χ1) is 9.60. The molecule has 2 rings (SSSR count). The number of hydrogen-bond donors (Lipinski definition) is 2. The Balaban J connectivity index is 2.11. The van der Waals surface area contributed by atoms with Crippen molar-refractivity contribution in [1.82, 2.24) is 10.4 Å². The second-order valence-electron chi connectivity index (χ2n) is 4.21. The SMILES string of the molecule is Cc1ccc(Cl)c(OCc2cccc(C(=O)NN)n2)c1. The molecule has 0 spiro atoms. The third-order valence-corrected chi connectivity index (χ3v) is 2.95. The van der Waals surface area contributed by atoms with Crippen molar-refractivity contribution >= 4 is 17.5 Å². The molecule has 6 heteroatoms. The summed E-state index contributed by atoms with van der Waals surface area (Å²) in [4.78, 5) is 15.5. The molecule has 0 fully saturated rings. The molecule has 20 heavy (non-hydrogen) atoms. The van der Waals surface area contributed by atoms with Crippen LogP contribution in [0.4, 0.5) is 0 Å². The van der Waals surface area contributed by atoms with E-state index in [1.165, 1.54) is 0 Å². The number of nitrogens with two attached hydrogens (primary N) is 1. The summed E-state index contributed by atoms with van der Waals surface area (Å²) in [5, 5.41) is 0.534. The van der Waals surface area contributed by atoms with Gasteiger partial charge < -0.3 is 4.74 Å². The molecule has 0 saturated carbocycles. The molecule has 0 aliphatic carbocycles. The van der Waals surface area contributed by atoms with Gasteiger partial charge in [-0.15, -0.1) is 0 Å². The molecule has 0 saturated heterocycles. The summed E-state index contributed by atoms with van der Waals surface area (Å²) in [5.41, 5.74) is 3.94. The second-order valence-corrected chi connectivity index (χ2v) is 4.62. The van der Waals surface area contributed by atoms with Crippen LogP contribution < -0.4 is 16.0 Å². The molecule has 1 heterocycles. The number of amides is 1. The van der Waals surface area contributed by atoms with Crippen LogP contribution in [0, 0.1) is 6.92 Å². The fraction of sp³-hybridized carbons (Fsp3) is 0.143. The number of nitrogen functional groups attached to an aromatic ring is 1. The quantitative estimate of drug-likeness (QED) is 0.514. The van der Waals surface area contributed by atoms with Gasteiger partial charge in [-0.2, -0.15) is 0 Å². The smallest absolute Gasteiger partial charge is 0.283 e. The summed E-state index contributed by atoms with van der Waals surface area (Å²) in [6, 6.07) is 10.6. The molecule has 0 atom stereocenters. The number of aromatic nitrogens is 1. The van der Waals surface area contributed by atoms with Gasteiger partial charge in [-0.25, -0.2) is 10.8 Å². The average Bonchev–Trinajstić information content (AvgIpc) is 2.47. The number of nitrogens with one attached hydrogen (secondary N) is 1. The molecular weight excluding hydrogens is 278 g/mol. The molecule has 3 N–H and O–H groups in total. The van der Waals surface area contributed by atoms with Crippen LogP contribution in [0.1, 0.15) is 21.7 Å². The van der Waals surface area contributed by atoms with Crippen molar-refractivity contribution < 1.29 is 9.53 Å². The van der Waals surface area contributed by atoms with Crippen LogP contribution in [0.5, 0.6) is 5.75 Å². The Kier molecular flexibility index (Phi) is 4.55. The van der Waals surface area contributed by atoms with E-state index >= 15 is 0 Å². The maximum Gasteiger partial charge on any atom is 0.283 e. The third-order valence-electron chi connectivity index (χ3n) is 2.63. The van der Waals surface area contributed by atoms with Crippen LogP contribution in [0.25, 0.3) is 0 Å². The van der Waals surface area contributed by atoms with E-state index in [-0.39, 0.29) is 12.3 Å². The number of nitrogens with zero attached hydrogens (tertiary/aromatic N) is 1. The van der Waals surface area contributed by atoms with Crippen LogP contribution >= 0.6 is 11.6 Å². The minimum absolute atomic E-state index is 0.217. The second kappa shape index (κ2) is 6.36. The molecule has 5 nitrogen and oxygen atoms in total. The summed E-state index contributed by atoms with van der Waals surface area (Å²) in [6.07, 6.45) is 0. The van der Waals surface area contributed by atoms with Crippen molar-refractivity contribution in [2.45, 2.75) is 13.5 Å². The lowest BCUT2D eigenvalue weighted by atomic mass is 10.2. The van der Waals surface area contributed by atoms with E-state index < -0.39 is 5.91 Å². The Hall–Kier alpha value is -2.11. The molecule has 0 unspecified atom stereocenters. The number of carbonyl (C=O) groups excluding carboxylic acids is 1. The zero-order valence-electron chi connectivity index (χ0n) is 10.9. The number of ether oxygens (including phenoxy) is 1. The maximum absolute atomic E-state index is 11.4. The lowest BCUT2D eigenvalue weighted by Crippen LogP contribution is -2.30. The molecule has 0 radical (unpaired) electrons. The minimum atomic E-state index is -0.444. The van der Waals surface area contributed by atoms with E-state index in [1.807, 2.05) is 24.5 Å². The van der Waals surface area contributed by atoms with E-state index in [1.54, 1.807) is 24.3 Å². The molecule has 1 aromatic carbocycles. The van der Waals surface area contributed by atoms with Crippen molar-refractivity contribution in [3.8, 4) is 5.75 Å². The monoisotopic (exact) mass is 291 g/mol. The van der Waals surface area contributed by atoms with E-state index in [0.29, 0.717) is 16.5 Å². The predicted molar refractivity (Wildman–Crippen MR) is 76.4 cm³/mol. The number of rotatable bonds is 4. The van der Waals surface area contributed by atoms with Gasteiger partial charge in [-0.05, 0) is 36.8 Å². The van der Waals surface area contributed by atoms with Crippen LogP contribution in [-0.4, -0.2) is 10.9 Å². The van der Waals surface area contributed by atoms with E-state index in [0.717, 1.165) is 5.56 Å². The van der Waals surface area contributed by atoms with E-state index in [9.17, 15) is 4.79 Å². The molecule has 104 valence electrons. The number of hydrogen-bond acceptors (Lipinski definition) is 4. The first kappa shape index (κ1) is 14.3. The first-order valence-electron chi connectivity index (χ1n) is 5.96. The van der Waals surface area contributed by atoms with Gasteiger partial charge in [-0.3, -0.25) is 10.2 Å². The van der Waals surface area contributed by atoms with Gasteiger partial charge in [0, 0.05) is 0 Å².